The largest absolute Gasteiger partial charge is 0.333 e. The van der Waals surface area contributed by atoms with Crippen LogP contribution < -0.4 is 5.56 Å². The van der Waals surface area contributed by atoms with Crippen molar-refractivity contribution in [1.82, 2.24) is 19.4 Å². The van der Waals surface area contributed by atoms with Crippen LogP contribution in [0.25, 0.3) is 10.3 Å². The van der Waals surface area contributed by atoms with Crippen molar-refractivity contribution in [1.29, 1.82) is 0 Å². The van der Waals surface area contributed by atoms with Crippen LogP contribution in [0.4, 0.5) is 0 Å². The van der Waals surface area contributed by atoms with Gasteiger partial charge in [0, 0.05) is 26.4 Å². The first-order chi connectivity index (χ1) is 14.3. The third-order valence-electron chi connectivity index (χ3n) is 6.07. The van der Waals surface area contributed by atoms with Gasteiger partial charge in [-0.25, -0.2) is 9.97 Å². The van der Waals surface area contributed by atoms with E-state index in [2.05, 4.69) is 35.9 Å². The van der Waals surface area contributed by atoms with Gasteiger partial charge in [-0.1, -0.05) is 62.4 Å². The first-order valence-electron chi connectivity index (χ1n) is 10.5. The molecule has 0 radical (unpaired) electrons. The van der Waals surface area contributed by atoms with Crippen LogP contribution in [0.5, 0.6) is 0 Å². The summed E-state index contributed by atoms with van der Waals surface area (Å²) in [5.41, 5.74) is 1.22. The molecule has 0 N–H and O–H groups in total. The number of carbonyl (C=O) groups is 1. The van der Waals surface area contributed by atoms with Gasteiger partial charge in [0.05, 0.1) is 6.04 Å². The first kappa shape index (κ1) is 20.7. The van der Waals surface area contributed by atoms with Crippen LogP contribution in [0.1, 0.15) is 62.5 Å². The Kier molecular flexibility index (Phi) is 5.49. The Morgan fingerprint density at radius 2 is 1.97 bits per heavy atom. The highest BCUT2D eigenvalue weighted by molar-refractivity contribution is 7.18. The highest BCUT2D eigenvalue weighted by Crippen LogP contribution is 2.37. The third kappa shape index (κ3) is 3.67. The van der Waals surface area contributed by atoms with E-state index in [1.807, 2.05) is 30.0 Å². The predicted molar refractivity (Wildman–Crippen MR) is 120 cm³/mol. The van der Waals surface area contributed by atoms with E-state index in [-0.39, 0.29) is 22.9 Å². The van der Waals surface area contributed by atoms with Crippen LogP contribution in [0, 0.1) is 0 Å². The van der Waals surface area contributed by atoms with Gasteiger partial charge in [0.2, 0.25) is 5.91 Å². The number of hydrogen-bond donors (Lipinski definition) is 0. The maximum absolute atomic E-state index is 13.3. The van der Waals surface area contributed by atoms with Gasteiger partial charge < -0.3 is 4.90 Å². The van der Waals surface area contributed by atoms with Crippen molar-refractivity contribution in [2.75, 3.05) is 6.54 Å². The summed E-state index contributed by atoms with van der Waals surface area (Å²) in [6.07, 6.45) is 2.96. The van der Waals surface area contributed by atoms with Gasteiger partial charge in [0.25, 0.3) is 5.56 Å². The van der Waals surface area contributed by atoms with Gasteiger partial charge in [-0.3, -0.25) is 14.2 Å². The van der Waals surface area contributed by atoms with E-state index in [0.717, 1.165) is 35.8 Å². The summed E-state index contributed by atoms with van der Waals surface area (Å²) in [6.45, 7) is 6.95. The Balaban J connectivity index is 1.61. The molecule has 1 fully saturated rings. The fraction of sp³-hybridized carbons (Fsp3) is 0.478. The molecule has 4 rings (SSSR count). The van der Waals surface area contributed by atoms with Gasteiger partial charge in [-0.05, 0) is 23.8 Å². The fourth-order valence-corrected chi connectivity index (χ4v) is 5.36. The molecule has 0 saturated carbocycles. The molecule has 1 aliphatic rings. The smallest absolute Gasteiger partial charge is 0.280 e. The second kappa shape index (κ2) is 7.95. The zero-order valence-corrected chi connectivity index (χ0v) is 18.8. The number of benzene rings is 1. The molecular formula is C23H28N4O2S. The Morgan fingerprint density at radius 1 is 1.23 bits per heavy atom. The lowest BCUT2D eigenvalue weighted by molar-refractivity contribution is -0.133. The van der Waals surface area contributed by atoms with Crippen LogP contribution in [0.2, 0.25) is 0 Å². The van der Waals surface area contributed by atoms with Crippen molar-refractivity contribution in [3.05, 3.63) is 57.1 Å². The molecule has 1 amide bonds. The van der Waals surface area contributed by atoms with Crippen molar-refractivity contribution < 1.29 is 4.79 Å². The monoisotopic (exact) mass is 424 g/mol. The molecule has 0 aliphatic carbocycles. The fourth-order valence-electron chi connectivity index (χ4n) is 4.26. The second-order valence-electron chi connectivity index (χ2n) is 8.62. The second-order valence-corrected chi connectivity index (χ2v) is 9.63. The number of aromatic nitrogens is 3. The zero-order chi connectivity index (χ0) is 21.5. The maximum Gasteiger partial charge on any atom is 0.280 e. The number of amides is 1. The molecule has 1 aromatic carbocycles. The van der Waals surface area contributed by atoms with E-state index in [1.165, 1.54) is 11.3 Å². The molecule has 30 heavy (non-hydrogen) atoms. The van der Waals surface area contributed by atoms with Gasteiger partial charge >= 0.3 is 0 Å². The number of fused-ring (bicyclic) bond motifs is 1. The summed E-state index contributed by atoms with van der Waals surface area (Å²) >= 11 is 1.45. The molecule has 1 saturated heterocycles. The Bertz CT molecular complexity index is 1130. The van der Waals surface area contributed by atoms with Crippen LogP contribution in [0.3, 0.4) is 0 Å². The van der Waals surface area contributed by atoms with Crippen molar-refractivity contribution in [2.24, 2.45) is 7.05 Å². The van der Waals surface area contributed by atoms with E-state index < -0.39 is 0 Å². The Morgan fingerprint density at radius 3 is 2.67 bits per heavy atom. The summed E-state index contributed by atoms with van der Waals surface area (Å²) < 4.78 is 1.58. The molecule has 7 heteroatoms. The zero-order valence-electron chi connectivity index (χ0n) is 18.0. The molecule has 6 nitrogen and oxygen atoms in total. The SMILES string of the molecule is CCc1nc2sc([C@H]3CCCN3C(=O)CC(C)(C)c3ccccc3)nc2c(=O)n1C. The predicted octanol–water partition coefficient (Wildman–Crippen LogP) is 3.98. The number of nitrogens with zero attached hydrogens (tertiary/aromatic N) is 4. The molecule has 3 heterocycles. The Hall–Kier alpha value is -2.54. The normalized spacial score (nSPS) is 17.1. The summed E-state index contributed by atoms with van der Waals surface area (Å²) in [5.74, 6) is 0.896. The lowest BCUT2D eigenvalue weighted by Crippen LogP contribution is -2.35. The van der Waals surface area contributed by atoms with Gasteiger partial charge in [-0.15, -0.1) is 0 Å². The lowest BCUT2D eigenvalue weighted by atomic mass is 9.81. The lowest BCUT2D eigenvalue weighted by Gasteiger charge is -2.30. The minimum absolute atomic E-state index is 0.0712. The summed E-state index contributed by atoms with van der Waals surface area (Å²) in [4.78, 5) is 37.9. The quantitative estimate of drug-likeness (QED) is 0.621. The Labute approximate surface area is 180 Å². The number of aryl methyl sites for hydroxylation is 1. The van der Waals surface area contributed by atoms with Crippen LogP contribution in [-0.2, 0) is 23.7 Å². The molecule has 3 aromatic rings. The van der Waals surface area contributed by atoms with Crippen molar-refractivity contribution in [2.45, 2.75) is 57.9 Å². The minimum atomic E-state index is -0.243. The van der Waals surface area contributed by atoms with E-state index >= 15 is 0 Å². The van der Waals surface area contributed by atoms with Gasteiger partial charge in [-0.2, -0.15) is 0 Å². The third-order valence-corrected chi connectivity index (χ3v) is 7.12. The van der Waals surface area contributed by atoms with Crippen LogP contribution in [-0.4, -0.2) is 31.9 Å². The minimum Gasteiger partial charge on any atom is -0.333 e. The number of thiazole rings is 1. The molecule has 0 bridgehead atoms. The van der Waals surface area contributed by atoms with E-state index in [0.29, 0.717) is 23.2 Å². The maximum atomic E-state index is 13.3. The summed E-state index contributed by atoms with van der Waals surface area (Å²) in [6, 6.07) is 10.1. The van der Waals surface area contributed by atoms with E-state index in [1.54, 1.807) is 11.6 Å². The number of likely N-dealkylation sites (tertiary alicyclic amines) is 1. The van der Waals surface area contributed by atoms with Crippen molar-refractivity contribution >= 4 is 27.6 Å². The van der Waals surface area contributed by atoms with Crippen molar-refractivity contribution in [3.8, 4) is 0 Å². The molecule has 0 unspecified atom stereocenters. The van der Waals surface area contributed by atoms with Crippen LogP contribution >= 0.6 is 11.3 Å². The first-order valence-corrected chi connectivity index (χ1v) is 11.3. The molecule has 0 spiro atoms. The number of carbonyl (C=O) groups excluding carboxylic acids is 1. The van der Waals surface area contributed by atoms with Gasteiger partial charge in [0.1, 0.15) is 10.8 Å². The molecular weight excluding hydrogens is 396 g/mol. The molecule has 158 valence electrons. The molecule has 1 atom stereocenters. The average molecular weight is 425 g/mol. The topological polar surface area (TPSA) is 68.1 Å². The highest BCUT2D eigenvalue weighted by Gasteiger charge is 2.35. The molecule has 2 aromatic heterocycles. The van der Waals surface area contributed by atoms with E-state index in [9.17, 15) is 9.59 Å². The van der Waals surface area contributed by atoms with Crippen LogP contribution in [0.15, 0.2) is 35.1 Å². The summed E-state index contributed by atoms with van der Waals surface area (Å²) in [5, 5.41) is 0.825. The average Bonchev–Trinajstić information content (AvgIpc) is 3.38. The summed E-state index contributed by atoms with van der Waals surface area (Å²) in [7, 11) is 1.74. The van der Waals surface area contributed by atoms with E-state index in [4.69, 9.17) is 0 Å². The number of rotatable bonds is 5. The molecule has 1 aliphatic heterocycles. The standard InChI is InChI=1S/C23H28N4O2S/c1-5-17-24-21-19(22(29)26(17)4)25-20(30-21)16-12-9-13-27(16)18(28)14-23(2,3)15-10-7-6-8-11-15/h6-8,10-11,16H,5,9,12-14H2,1-4H3/t16-/m1/s1. The van der Waals surface area contributed by atoms with Crippen molar-refractivity contribution in [3.63, 3.8) is 0 Å². The van der Waals surface area contributed by atoms with Gasteiger partial charge in [0.15, 0.2) is 10.3 Å². The number of hydrogen-bond acceptors (Lipinski definition) is 5. The highest BCUT2D eigenvalue weighted by atomic mass is 32.1.